The van der Waals surface area contributed by atoms with Gasteiger partial charge in [0.2, 0.25) is 0 Å². The van der Waals surface area contributed by atoms with Crippen LogP contribution in [0, 0.1) is 5.82 Å². The van der Waals surface area contributed by atoms with Gasteiger partial charge in [0.15, 0.2) is 0 Å². The van der Waals surface area contributed by atoms with Crippen molar-refractivity contribution in [1.82, 2.24) is 0 Å². The lowest BCUT2D eigenvalue weighted by molar-refractivity contribution is 0.0602. The molecule has 0 bridgehead atoms. The Morgan fingerprint density at radius 2 is 2.10 bits per heavy atom. The Kier molecular flexibility index (Phi) is 4.50. The van der Waals surface area contributed by atoms with Gasteiger partial charge in [0.05, 0.1) is 17.8 Å². The van der Waals surface area contributed by atoms with Gasteiger partial charge in [-0.2, -0.15) is 0 Å². The smallest absolute Gasteiger partial charge is 0.349 e. The Labute approximate surface area is 129 Å². The molecule has 0 fully saturated rings. The summed E-state index contributed by atoms with van der Waals surface area (Å²) in [7, 11) is -2.88. The topological polar surface area (TPSA) is 72.5 Å². The molecule has 9 heteroatoms. The highest BCUT2D eigenvalue weighted by molar-refractivity contribution is 7.93. The van der Waals surface area contributed by atoms with Crippen LogP contribution in [0.15, 0.2) is 34.5 Å². The minimum Gasteiger partial charge on any atom is -0.465 e. The molecule has 2 aromatic rings. The molecule has 1 aromatic carbocycles. The molecule has 0 atom stereocenters. The highest BCUT2D eigenvalue weighted by atomic mass is 35.5. The number of carbonyl (C=O) groups excluding carboxylic acids is 1. The van der Waals surface area contributed by atoms with Crippen LogP contribution in [0.2, 0.25) is 5.02 Å². The number of thiophene rings is 1. The normalized spacial score (nSPS) is 11.2. The van der Waals surface area contributed by atoms with Crippen LogP contribution in [-0.4, -0.2) is 21.5 Å². The summed E-state index contributed by atoms with van der Waals surface area (Å²) in [5.74, 6) is -1.51. The van der Waals surface area contributed by atoms with Gasteiger partial charge in [-0.3, -0.25) is 4.72 Å². The first-order valence-electron chi connectivity index (χ1n) is 5.49. The fraction of sp³-hybridized carbons (Fsp3) is 0.0833. The molecule has 0 unspecified atom stereocenters. The summed E-state index contributed by atoms with van der Waals surface area (Å²) in [4.78, 5) is 11.2. The zero-order chi connectivity index (χ0) is 15.6. The van der Waals surface area contributed by atoms with Gasteiger partial charge >= 0.3 is 5.97 Å². The number of nitrogens with one attached hydrogen (secondary N) is 1. The van der Waals surface area contributed by atoms with Gasteiger partial charge < -0.3 is 4.74 Å². The molecule has 0 aliphatic carbocycles. The molecule has 0 aliphatic heterocycles. The van der Waals surface area contributed by atoms with Crippen molar-refractivity contribution in [2.45, 2.75) is 4.90 Å². The van der Waals surface area contributed by atoms with E-state index in [0.29, 0.717) is 0 Å². The van der Waals surface area contributed by atoms with Crippen molar-refractivity contribution in [1.29, 1.82) is 0 Å². The van der Waals surface area contributed by atoms with E-state index in [1.54, 1.807) is 0 Å². The van der Waals surface area contributed by atoms with Crippen molar-refractivity contribution in [3.8, 4) is 0 Å². The Morgan fingerprint density at radius 3 is 2.71 bits per heavy atom. The molecule has 0 aliphatic rings. The summed E-state index contributed by atoms with van der Waals surface area (Å²) in [6.07, 6.45) is 0. The molecule has 0 saturated carbocycles. The zero-order valence-electron chi connectivity index (χ0n) is 10.6. The molecule has 1 N–H and O–H groups in total. The van der Waals surface area contributed by atoms with Crippen molar-refractivity contribution < 1.29 is 22.3 Å². The fourth-order valence-electron chi connectivity index (χ4n) is 1.52. The fourth-order valence-corrected chi connectivity index (χ4v) is 4.02. The largest absolute Gasteiger partial charge is 0.465 e. The second-order valence-corrected chi connectivity index (χ2v) is 6.81. The monoisotopic (exact) mass is 349 g/mol. The van der Waals surface area contributed by atoms with E-state index in [1.165, 1.54) is 23.6 Å². The van der Waals surface area contributed by atoms with Gasteiger partial charge in [-0.05, 0) is 29.6 Å². The van der Waals surface area contributed by atoms with Crippen LogP contribution in [0.25, 0.3) is 0 Å². The molecular weight excluding hydrogens is 341 g/mol. The summed E-state index contributed by atoms with van der Waals surface area (Å²) in [6, 6.07) is 4.76. The third kappa shape index (κ3) is 3.34. The Bertz CT molecular complexity index is 788. The van der Waals surface area contributed by atoms with Gasteiger partial charge in [-0.1, -0.05) is 11.6 Å². The molecule has 1 aromatic heterocycles. The van der Waals surface area contributed by atoms with Crippen molar-refractivity contribution in [3.05, 3.63) is 45.4 Å². The van der Waals surface area contributed by atoms with Gasteiger partial charge in [0.1, 0.15) is 15.6 Å². The molecule has 0 spiro atoms. The number of methoxy groups -OCH3 is 1. The number of hydrogen-bond donors (Lipinski definition) is 1. The van der Waals surface area contributed by atoms with E-state index in [-0.39, 0.29) is 20.5 Å². The summed E-state index contributed by atoms with van der Waals surface area (Å²) in [6.45, 7) is 0. The SMILES string of the molecule is COC(=O)c1sccc1S(=O)(=O)Nc1ccc(Cl)c(F)c1. The molecule has 2 rings (SSSR count). The van der Waals surface area contributed by atoms with Crippen LogP contribution in [0.3, 0.4) is 0 Å². The van der Waals surface area contributed by atoms with Crippen LogP contribution >= 0.6 is 22.9 Å². The minimum absolute atomic E-state index is 0.00100. The predicted octanol–water partition coefficient (Wildman–Crippen LogP) is 3.13. The van der Waals surface area contributed by atoms with E-state index in [2.05, 4.69) is 9.46 Å². The molecule has 0 amide bonds. The Morgan fingerprint density at radius 1 is 1.38 bits per heavy atom. The number of halogens is 2. The summed E-state index contributed by atoms with van der Waals surface area (Å²) >= 11 is 6.46. The zero-order valence-corrected chi connectivity index (χ0v) is 13.0. The maximum atomic E-state index is 13.3. The average Bonchev–Trinajstić information content (AvgIpc) is 2.92. The molecule has 0 radical (unpaired) electrons. The molecule has 112 valence electrons. The highest BCUT2D eigenvalue weighted by Gasteiger charge is 2.24. The van der Waals surface area contributed by atoms with Crippen LogP contribution in [0.1, 0.15) is 9.67 Å². The van der Waals surface area contributed by atoms with Crippen molar-refractivity contribution in [2.24, 2.45) is 0 Å². The van der Waals surface area contributed by atoms with Gasteiger partial charge in [0.25, 0.3) is 10.0 Å². The van der Waals surface area contributed by atoms with Gasteiger partial charge in [-0.25, -0.2) is 17.6 Å². The number of esters is 1. The second-order valence-electron chi connectivity index (χ2n) is 3.84. The van der Waals surface area contributed by atoms with E-state index in [1.807, 2.05) is 0 Å². The van der Waals surface area contributed by atoms with Crippen LogP contribution in [0.5, 0.6) is 0 Å². The third-order valence-electron chi connectivity index (χ3n) is 2.46. The second kappa shape index (κ2) is 6.00. The van der Waals surface area contributed by atoms with Crippen LogP contribution < -0.4 is 4.72 Å². The first-order chi connectivity index (χ1) is 9.85. The van der Waals surface area contributed by atoms with Crippen LogP contribution in [-0.2, 0) is 14.8 Å². The van der Waals surface area contributed by atoms with Crippen molar-refractivity contribution >= 4 is 44.6 Å². The number of ether oxygens (including phenoxy) is 1. The summed E-state index contributed by atoms with van der Waals surface area (Å²) in [5.41, 5.74) is -0.00100. The standard InChI is InChI=1S/C12H9ClFNO4S2/c1-19-12(16)11-10(4-5-20-11)21(17,18)15-7-2-3-8(13)9(14)6-7/h2-6,15H,1H3. The summed E-state index contributed by atoms with van der Waals surface area (Å²) < 4.78 is 44.5. The Balaban J connectivity index is 2.37. The average molecular weight is 350 g/mol. The van der Waals surface area contributed by atoms with Crippen LogP contribution in [0.4, 0.5) is 10.1 Å². The maximum absolute atomic E-state index is 13.3. The number of sulfonamides is 1. The lowest BCUT2D eigenvalue weighted by atomic mass is 10.3. The molecular formula is C12H9ClFNO4S2. The van der Waals surface area contributed by atoms with Gasteiger partial charge in [0, 0.05) is 0 Å². The van der Waals surface area contributed by atoms with E-state index < -0.39 is 21.8 Å². The molecule has 0 saturated heterocycles. The number of hydrogen-bond acceptors (Lipinski definition) is 5. The van der Waals surface area contributed by atoms with Gasteiger partial charge in [-0.15, -0.1) is 11.3 Å². The number of carbonyl (C=O) groups is 1. The maximum Gasteiger partial charge on any atom is 0.349 e. The number of anilines is 1. The first kappa shape index (κ1) is 15.7. The molecule has 5 nitrogen and oxygen atoms in total. The first-order valence-corrected chi connectivity index (χ1v) is 8.23. The van der Waals surface area contributed by atoms with Crippen molar-refractivity contribution in [3.63, 3.8) is 0 Å². The number of benzene rings is 1. The highest BCUT2D eigenvalue weighted by Crippen LogP contribution is 2.26. The Hall–Kier alpha value is -1.64. The van der Waals surface area contributed by atoms with E-state index >= 15 is 0 Å². The third-order valence-corrected chi connectivity index (χ3v) is 5.22. The van der Waals surface area contributed by atoms with E-state index in [9.17, 15) is 17.6 Å². The predicted molar refractivity (Wildman–Crippen MR) is 77.9 cm³/mol. The number of rotatable bonds is 4. The lowest BCUT2D eigenvalue weighted by Gasteiger charge is -2.08. The van der Waals surface area contributed by atoms with E-state index in [4.69, 9.17) is 11.6 Å². The van der Waals surface area contributed by atoms with Crippen molar-refractivity contribution in [2.75, 3.05) is 11.8 Å². The summed E-state index contributed by atoms with van der Waals surface area (Å²) in [5, 5.41) is 1.33. The lowest BCUT2D eigenvalue weighted by Crippen LogP contribution is -2.15. The molecule has 1 heterocycles. The minimum atomic E-state index is -4.04. The molecule has 21 heavy (non-hydrogen) atoms. The van der Waals surface area contributed by atoms with E-state index in [0.717, 1.165) is 24.5 Å². The quantitative estimate of drug-likeness (QED) is 0.861.